The number of sulfone groups is 1. The summed E-state index contributed by atoms with van der Waals surface area (Å²) in [5.74, 6) is 1.41. The minimum atomic E-state index is -3.00. The molecule has 0 radical (unpaired) electrons. The highest BCUT2D eigenvalue weighted by Gasteiger charge is 2.21. The number of hydrogen-bond acceptors (Lipinski definition) is 4. The summed E-state index contributed by atoms with van der Waals surface area (Å²) >= 11 is 5.78. The van der Waals surface area contributed by atoms with Gasteiger partial charge in [0.25, 0.3) is 0 Å². The molecule has 4 nitrogen and oxygen atoms in total. The fourth-order valence-electron chi connectivity index (χ4n) is 2.36. The van der Waals surface area contributed by atoms with Crippen LogP contribution in [0.5, 0.6) is 5.75 Å². The summed E-state index contributed by atoms with van der Waals surface area (Å²) in [7, 11) is -3.00. The molecule has 0 spiro atoms. The number of halogens is 1. The second kappa shape index (κ2) is 8.01. The quantitative estimate of drug-likeness (QED) is 0.720. The summed E-state index contributed by atoms with van der Waals surface area (Å²) in [6.07, 6.45) is 2.20. The molecule has 0 saturated carbocycles. The number of hydrogen-bond donors (Lipinski definition) is 0. The Balaban J connectivity index is 1.68. The Morgan fingerprint density at radius 1 is 1.19 bits per heavy atom. The molecule has 0 bridgehead atoms. The van der Waals surface area contributed by atoms with Gasteiger partial charge in [0, 0.05) is 18.2 Å². The molecule has 1 saturated heterocycles. The summed E-state index contributed by atoms with van der Waals surface area (Å²) in [4.78, 5) is 0. The largest absolute Gasteiger partial charge is 0.494 e. The van der Waals surface area contributed by atoms with Gasteiger partial charge >= 0.3 is 0 Å². The van der Waals surface area contributed by atoms with Crippen LogP contribution in [0.1, 0.15) is 19.3 Å². The van der Waals surface area contributed by atoms with Gasteiger partial charge in [0.1, 0.15) is 5.75 Å². The summed E-state index contributed by atoms with van der Waals surface area (Å²) in [5, 5.41) is 0.654. The fourth-order valence-corrected chi connectivity index (χ4v) is 4.26. The molecule has 118 valence electrons. The Morgan fingerprint density at radius 3 is 2.52 bits per heavy atom. The minimum absolute atomic E-state index is 0.179. The third-order valence-electron chi connectivity index (χ3n) is 3.51. The van der Waals surface area contributed by atoms with E-state index >= 15 is 0 Å². The summed E-state index contributed by atoms with van der Waals surface area (Å²) in [6.45, 7) is 1.76. The van der Waals surface area contributed by atoms with E-state index in [1.807, 2.05) is 0 Å². The van der Waals surface area contributed by atoms with E-state index in [2.05, 4.69) is 0 Å². The highest BCUT2D eigenvalue weighted by molar-refractivity contribution is 7.91. The van der Waals surface area contributed by atoms with E-state index in [4.69, 9.17) is 21.1 Å². The van der Waals surface area contributed by atoms with Gasteiger partial charge in [-0.05, 0) is 49.4 Å². The first-order valence-electron chi connectivity index (χ1n) is 7.22. The van der Waals surface area contributed by atoms with Crippen molar-refractivity contribution < 1.29 is 17.9 Å². The van der Waals surface area contributed by atoms with Crippen molar-refractivity contribution in [3.8, 4) is 5.75 Å². The van der Waals surface area contributed by atoms with Crippen molar-refractivity contribution in [3.63, 3.8) is 0 Å². The van der Waals surface area contributed by atoms with E-state index in [0.717, 1.165) is 12.8 Å². The van der Waals surface area contributed by atoms with Crippen molar-refractivity contribution in [1.82, 2.24) is 0 Å². The Bertz CT molecular complexity index is 521. The van der Waals surface area contributed by atoms with Gasteiger partial charge in [-0.15, -0.1) is 0 Å². The van der Waals surface area contributed by atoms with Crippen LogP contribution in [0.3, 0.4) is 0 Å². The first-order valence-corrected chi connectivity index (χ1v) is 9.42. The predicted molar refractivity (Wildman–Crippen MR) is 83.8 cm³/mol. The molecule has 1 aromatic carbocycles. The molecule has 1 aromatic rings. The lowest BCUT2D eigenvalue weighted by Gasteiger charge is -2.21. The molecule has 0 N–H and O–H groups in total. The smallest absolute Gasteiger partial charge is 0.150 e. The average molecular weight is 333 g/mol. The van der Waals surface area contributed by atoms with Crippen LogP contribution in [-0.4, -0.2) is 39.7 Å². The summed E-state index contributed by atoms with van der Waals surface area (Å²) in [6, 6.07) is 7.05. The maximum atomic E-state index is 12.0. The van der Waals surface area contributed by atoms with Gasteiger partial charge in [-0.1, -0.05) is 11.6 Å². The summed E-state index contributed by atoms with van der Waals surface area (Å²) in [5.41, 5.74) is 0. The molecule has 1 heterocycles. The lowest BCUT2D eigenvalue weighted by atomic mass is 10.0. The maximum Gasteiger partial charge on any atom is 0.150 e. The third kappa shape index (κ3) is 6.24. The molecule has 1 fully saturated rings. The zero-order valence-electron chi connectivity index (χ0n) is 12.0. The molecule has 6 heteroatoms. The molecule has 0 amide bonds. The predicted octanol–water partition coefficient (Wildman–Crippen LogP) is 2.95. The van der Waals surface area contributed by atoms with Gasteiger partial charge in [0.05, 0.1) is 18.1 Å². The maximum absolute atomic E-state index is 12.0. The third-order valence-corrected chi connectivity index (χ3v) is 5.65. The van der Waals surface area contributed by atoms with E-state index < -0.39 is 9.84 Å². The highest BCUT2D eigenvalue weighted by atomic mass is 35.5. The SMILES string of the molecule is O=S(=O)(CCCOc1ccc(Cl)cc1)CC1CCOCC1. The van der Waals surface area contributed by atoms with Crippen LogP contribution in [0, 0.1) is 5.92 Å². The second-order valence-corrected chi connectivity index (χ2v) is 7.99. The van der Waals surface area contributed by atoms with Crippen molar-refractivity contribution in [2.24, 2.45) is 5.92 Å². The van der Waals surface area contributed by atoms with Crippen LogP contribution >= 0.6 is 11.6 Å². The van der Waals surface area contributed by atoms with Crippen molar-refractivity contribution in [1.29, 1.82) is 0 Å². The zero-order valence-corrected chi connectivity index (χ0v) is 13.5. The van der Waals surface area contributed by atoms with Gasteiger partial charge < -0.3 is 9.47 Å². The van der Waals surface area contributed by atoms with Crippen molar-refractivity contribution >= 4 is 21.4 Å². The number of ether oxygens (including phenoxy) is 2. The van der Waals surface area contributed by atoms with E-state index in [-0.39, 0.29) is 17.4 Å². The van der Waals surface area contributed by atoms with Crippen LogP contribution in [0.2, 0.25) is 5.02 Å². The normalized spacial score (nSPS) is 16.8. The zero-order chi connectivity index (χ0) is 15.1. The molecular weight excluding hydrogens is 312 g/mol. The molecular formula is C15H21ClO4S. The van der Waals surface area contributed by atoms with Gasteiger partial charge in [-0.2, -0.15) is 0 Å². The number of rotatable bonds is 7. The first kappa shape index (κ1) is 16.6. The Labute approximate surface area is 131 Å². The van der Waals surface area contributed by atoms with Gasteiger partial charge in [0.15, 0.2) is 9.84 Å². The second-order valence-electron chi connectivity index (χ2n) is 5.33. The van der Waals surface area contributed by atoms with Crippen LogP contribution in [0.25, 0.3) is 0 Å². The molecule has 0 unspecified atom stereocenters. The standard InChI is InChI=1S/C15H21ClO4S/c16-14-2-4-15(5-3-14)20-8-1-11-21(17,18)12-13-6-9-19-10-7-13/h2-5,13H,1,6-12H2. The Morgan fingerprint density at radius 2 is 1.86 bits per heavy atom. The van der Waals surface area contributed by atoms with E-state index in [1.54, 1.807) is 24.3 Å². The van der Waals surface area contributed by atoms with Crippen molar-refractivity contribution in [2.45, 2.75) is 19.3 Å². The number of benzene rings is 1. The lowest BCUT2D eigenvalue weighted by molar-refractivity contribution is 0.0723. The first-order chi connectivity index (χ1) is 10.1. The topological polar surface area (TPSA) is 52.6 Å². The molecule has 2 rings (SSSR count). The highest BCUT2D eigenvalue weighted by Crippen LogP contribution is 2.18. The minimum Gasteiger partial charge on any atom is -0.494 e. The van der Waals surface area contributed by atoms with Crippen LogP contribution < -0.4 is 4.74 Å². The molecule has 0 atom stereocenters. The lowest BCUT2D eigenvalue weighted by Crippen LogP contribution is -2.25. The van der Waals surface area contributed by atoms with Gasteiger partial charge in [-0.3, -0.25) is 0 Å². The van der Waals surface area contributed by atoms with Gasteiger partial charge in [-0.25, -0.2) is 8.42 Å². The Kier molecular flexibility index (Phi) is 6.33. The monoisotopic (exact) mass is 332 g/mol. The summed E-state index contributed by atoms with van der Waals surface area (Å²) < 4.78 is 34.8. The van der Waals surface area contributed by atoms with E-state index in [9.17, 15) is 8.42 Å². The van der Waals surface area contributed by atoms with Crippen molar-refractivity contribution in [3.05, 3.63) is 29.3 Å². The van der Waals surface area contributed by atoms with E-state index in [1.165, 1.54) is 0 Å². The molecule has 1 aliphatic rings. The molecule has 21 heavy (non-hydrogen) atoms. The van der Waals surface area contributed by atoms with Crippen LogP contribution in [0.15, 0.2) is 24.3 Å². The molecule has 0 aliphatic carbocycles. The average Bonchev–Trinajstić information content (AvgIpc) is 2.46. The molecule has 0 aromatic heterocycles. The van der Waals surface area contributed by atoms with E-state index in [0.29, 0.717) is 37.0 Å². The van der Waals surface area contributed by atoms with Crippen LogP contribution in [-0.2, 0) is 14.6 Å². The fraction of sp³-hybridized carbons (Fsp3) is 0.600. The Hall–Kier alpha value is -0.780. The molecule has 1 aliphatic heterocycles. The van der Waals surface area contributed by atoms with Crippen LogP contribution in [0.4, 0.5) is 0 Å². The van der Waals surface area contributed by atoms with Crippen molar-refractivity contribution in [2.75, 3.05) is 31.3 Å². The van der Waals surface area contributed by atoms with Gasteiger partial charge in [0.2, 0.25) is 0 Å².